The van der Waals surface area contributed by atoms with E-state index in [0.717, 1.165) is 16.9 Å². The molecule has 2 aromatic rings. The van der Waals surface area contributed by atoms with Crippen LogP contribution in [-0.2, 0) is 20.9 Å². The van der Waals surface area contributed by atoms with Gasteiger partial charge in [-0.25, -0.2) is 4.79 Å². The van der Waals surface area contributed by atoms with Gasteiger partial charge in [0.15, 0.2) is 0 Å². The van der Waals surface area contributed by atoms with E-state index in [-0.39, 0.29) is 30.2 Å². The number of nitrogens with zero attached hydrogens (tertiary/aromatic N) is 1. The van der Waals surface area contributed by atoms with Crippen LogP contribution in [0.3, 0.4) is 0 Å². The van der Waals surface area contributed by atoms with E-state index in [4.69, 9.17) is 24.7 Å². The van der Waals surface area contributed by atoms with Crippen LogP contribution in [0.25, 0.3) is 0 Å². The molecule has 0 bridgehead atoms. The Hall–Kier alpha value is -3.92. The molecule has 0 saturated carbocycles. The predicted molar refractivity (Wildman–Crippen MR) is 118 cm³/mol. The van der Waals surface area contributed by atoms with Gasteiger partial charge >= 0.3 is 5.97 Å². The smallest absolute Gasteiger partial charge is 0.338 e. The molecule has 7 heteroatoms. The molecule has 1 heterocycles. The average molecular weight is 434 g/mol. The summed E-state index contributed by atoms with van der Waals surface area (Å²) in [4.78, 5) is 12.7. The largest absolute Gasteiger partial charge is 0.496 e. The third-order valence-corrected chi connectivity index (χ3v) is 5.15. The maximum absolute atomic E-state index is 12.7. The molecule has 0 aromatic heterocycles. The number of methoxy groups -OCH3 is 1. The standard InChI is InChI=1S/C25H26N2O5/c1-5-30-25(28)22-16(3)32-24(27)20(13-26)23(22)17-8-11-21(29-4)18(12-17)14-31-19-9-6-15(2)7-10-19/h6-12,23H,5,14,27H2,1-4H3/t23-/m1/s1. The lowest BCUT2D eigenvalue weighted by atomic mass is 9.82. The number of nitriles is 1. The van der Waals surface area contributed by atoms with Gasteiger partial charge in [0.25, 0.3) is 0 Å². The number of allylic oxidation sites excluding steroid dienone is 2. The minimum absolute atomic E-state index is 0.0312. The van der Waals surface area contributed by atoms with Gasteiger partial charge in [-0.3, -0.25) is 0 Å². The number of ether oxygens (including phenoxy) is 4. The van der Waals surface area contributed by atoms with Crippen molar-refractivity contribution in [3.63, 3.8) is 0 Å². The zero-order chi connectivity index (χ0) is 23.3. The molecule has 2 N–H and O–H groups in total. The van der Waals surface area contributed by atoms with Crippen molar-refractivity contribution in [3.8, 4) is 17.6 Å². The van der Waals surface area contributed by atoms with Gasteiger partial charge < -0.3 is 24.7 Å². The van der Waals surface area contributed by atoms with Gasteiger partial charge in [0.05, 0.1) is 25.2 Å². The molecule has 0 radical (unpaired) electrons. The lowest BCUT2D eigenvalue weighted by Crippen LogP contribution is -2.25. The highest BCUT2D eigenvalue weighted by Crippen LogP contribution is 2.40. The average Bonchev–Trinajstić information content (AvgIpc) is 2.78. The molecule has 1 aliphatic rings. The number of nitrogens with two attached hydrogens (primary N) is 1. The Morgan fingerprint density at radius 3 is 2.53 bits per heavy atom. The Bertz CT molecular complexity index is 1110. The number of benzene rings is 2. The lowest BCUT2D eigenvalue weighted by Gasteiger charge is -2.27. The van der Waals surface area contributed by atoms with Crippen LogP contribution in [0.5, 0.6) is 11.5 Å². The summed E-state index contributed by atoms with van der Waals surface area (Å²) < 4.78 is 22.1. The summed E-state index contributed by atoms with van der Waals surface area (Å²) >= 11 is 0. The summed E-state index contributed by atoms with van der Waals surface area (Å²) in [6.07, 6.45) is 0. The number of rotatable bonds is 7. The number of carbonyl (C=O) groups is 1. The second-order valence-corrected chi connectivity index (χ2v) is 7.29. The fraction of sp³-hybridized carbons (Fsp3) is 0.280. The number of hydrogen-bond acceptors (Lipinski definition) is 7. The van der Waals surface area contributed by atoms with Crippen molar-refractivity contribution in [2.75, 3.05) is 13.7 Å². The number of hydrogen-bond donors (Lipinski definition) is 1. The first kappa shape index (κ1) is 22.8. The highest BCUT2D eigenvalue weighted by molar-refractivity contribution is 5.92. The van der Waals surface area contributed by atoms with Crippen LogP contribution in [-0.4, -0.2) is 19.7 Å². The van der Waals surface area contributed by atoms with E-state index in [9.17, 15) is 10.1 Å². The summed E-state index contributed by atoms with van der Waals surface area (Å²) in [5.74, 6) is 0.343. The summed E-state index contributed by atoms with van der Waals surface area (Å²) in [5.41, 5.74) is 8.95. The van der Waals surface area contributed by atoms with Gasteiger partial charge in [0.2, 0.25) is 5.88 Å². The van der Waals surface area contributed by atoms with Crippen LogP contribution in [0.15, 0.2) is 65.3 Å². The second kappa shape index (κ2) is 9.92. The maximum atomic E-state index is 12.7. The first-order chi connectivity index (χ1) is 15.4. The molecular formula is C25H26N2O5. The molecule has 0 saturated heterocycles. The number of esters is 1. The zero-order valence-electron chi connectivity index (χ0n) is 18.6. The van der Waals surface area contributed by atoms with E-state index >= 15 is 0 Å². The molecule has 0 spiro atoms. The van der Waals surface area contributed by atoms with Crippen molar-refractivity contribution >= 4 is 5.97 Å². The highest BCUT2D eigenvalue weighted by Gasteiger charge is 2.36. The summed E-state index contributed by atoms with van der Waals surface area (Å²) in [6, 6.07) is 15.2. The molecular weight excluding hydrogens is 408 g/mol. The molecule has 3 rings (SSSR count). The normalized spacial score (nSPS) is 15.7. The Kier molecular flexibility index (Phi) is 7.06. The fourth-order valence-corrected chi connectivity index (χ4v) is 3.57. The molecule has 1 aliphatic heterocycles. The monoisotopic (exact) mass is 434 g/mol. The van der Waals surface area contributed by atoms with Gasteiger partial charge in [-0.2, -0.15) is 5.26 Å². The van der Waals surface area contributed by atoms with E-state index in [0.29, 0.717) is 17.1 Å². The van der Waals surface area contributed by atoms with Crippen molar-refractivity contribution in [3.05, 3.63) is 81.9 Å². The van der Waals surface area contributed by atoms with Crippen molar-refractivity contribution in [2.24, 2.45) is 5.73 Å². The molecule has 0 aliphatic carbocycles. The highest BCUT2D eigenvalue weighted by atomic mass is 16.5. The molecule has 166 valence electrons. The summed E-state index contributed by atoms with van der Waals surface area (Å²) in [5, 5.41) is 9.76. The van der Waals surface area contributed by atoms with Gasteiger partial charge in [0.1, 0.15) is 35.5 Å². The Balaban J connectivity index is 2.02. The van der Waals surface area contributed by atoms with E-state index in [2.05, 4.69) is 6.07 Å². The van der Waals surface area contributed by atoms with Crippen LogP contribution < -0.4 is 15.2 Å². The van der Waals surface area contributed by atoms with Crippen molar-refractivity contribution in [1.82, 2.24) is 0 Å². The summed E-state index contributed by atoms with van der Waals surface area (Å²) in [6.45, 7) is 5.79. The predicted octanol–water partition coefficient (Wildman–Crippen LogP) is 4.23. The third kappa shape index (κ3) is 4.70. The SMILES string of the molecule is CCOC(=O)C1=C(C)OC(N)=C(C#N)[C@H]1c1ccc(OC)c(COc2ccc(C)cc2)c1. The quantitative estimate of drug-likeness (QED) is 0.651. The van der Waals surface area contributed by atoms with E-state index in [1.54, 1.807) is 33.1 Å². The number of carbonyl (C=O) groups excluding carboxylic acids is 1. The molecule has 0 unspecified atom stereocenters. The van der Waals surface area contributed by atoms with Gasteiger partial charge in [-0.05, 0) is 50.6 Å². The molecule has 2 aromatic carbocycles. The lowest BCUT2D eigenvalue weighted by molar-refractivity contribution is -0.139. The van der Waals surface area contributed by atoms with Gasteiger partial charge in [0, 0.05) is 5.56 Å². The minimum Gasteiger partial charge on any atom is -0.496 e. The van der Waals surface area contributed by atoms with Crippen LogP contribution in [0.1, 0.15) is 36.5 Å². The third-order valence-electron chi connectivity index (χ3n) is 5.15. The number of aryl methyl sites for hydroxylation is 1. The summed E-state index contributed by atoms with van der Waals surface area (Å²) in [7, 11) is 1.57. The van der Waals surface area contributed by atoms with E-state index in [1.165, 1.54) is 0 Å². The fourth-order valence-electron chi connectivity index (χ4n) is 3.57. The second-order valence-electron chi connectivity index (χ2n) is 7.29. The van der Waals surface area contributed by atoms with Gasteiger partial charge in [-0.15, -0.1) is 0 Å². The Labute approximate surface area is 187 Å². The maximum Gasteiger partial charge on any atom is 0.338 e. The van der Waals surface area contributed by atoms with Crippen molar-refractivity contribution < 1.29 is 23.7 Å². The van der Waals surface area contributed by atoms with Crippen molar-refractivity contribution in [2.45, 2.75) is 33.3 Å². The minimum atomic E-state index is -0.725. The zero-order valence-corrected chi connectivity index (χ0v) is 18.6. The van der Waals surface area contributed by atoms with Crippen LogP contribution in [0.4, 0.5) is 0 Å². The Morgan fingerprint density at radius 1 is 1.19 bits per heavy atom. The van der Waals surface area contributed by atoms with E-state index < -0.39 is 11.9 Å². The first-order valence-electron chi connectivity index (χ1n) is 10.2. The molecule has 32 heavy (non-hydrogen) atoms. The van der Waals surface area contributed by atoms with Crippen LogP contribution in [0.2, 0.25) is 0 Å². The first-order valence-corrected chi connectivity index (χ1v) is 10.2. The molecule has 7 nitrogen and oxygen atoms in total. The molecule has 0 fully saturated rings. The molecule has 1 atom stereocenters. The topological polar surface area (TPSA) is 104 Å². The van der Waals surface area contributed by atoms with E-state index in [1.807, 2.05) is 37.3 Å². The van der Waals surface area contributed by atoms with Gasteiger partial charge in [-0.1, -0.05) is 23.8 Å². The Morgan fingerprint density at radius 2 is 1.91 bits per heavy atom. The van der Waals surface area contributed by atoms with Crippen LogP contribution in [0, 0.1) is 18.3 Å². The molecule has 0 amide bonds. The van der Waals surface area contributed by atoms with Crippen molar-refractivity contribution in [1.29, 1.82) is 5.26 Å². The van der Waals surface area contributed by atoms with Crippen LogP contribution >= 0.6 is 0 Å².